The summed E-state index contributed by atoms with van der Waals surface area (Å²) >= 11 is 0. The van der Waals surface area contributed by atoms with Crippen LogP contribution in [0.3, 0.4) is 0 Å². The molecule has 2 aliphatic rings. The minimum atomic E-state index is -3.55. The van der Waals surface area contributed by atoms with E-state index >= 15 is 0 Å². The molecule has 0 spiro atoms. The largest absolute Gasteiger partial charge is 0.340 e. The first-order chi connectivity index (χ1) is 11.0. The van der Waals surface area contributed by atoms with Crippen LogP contribution in [0.1, 0.15) is 55.9 Å². The molecule has 6 nitrogen and oxygen atoms in total. The minimum absolute atomic E-state index is 0.0259. The predicted octanol–water partition coefficient (Wildman–Crippen LogP) is 1.96. The van der Waals surface area contributed by atoms with Crippen molar-refractivity contribution >= 4 is 15.9 Å². The maximum absolute atomic E-state index is 12.6. The summed E-state index contributed by atoms with van der Waals surface area (Å²) in [5.74, 6) is -0.0720. The first-order valence-corrected chi connectivity index (χ1v) is 10.0. The average Bonchev–Trinajstić information content (AvgIpc) is 2.97. The number of aromatic nitrogens is 1. The minimum Gasteiger partial charge on any atom is -0.340 e. The number of sulfonamides is 1. The van der Waals surface area contributed by atoms with Crippen molar-refractivity contribution in [2.24, 2.45) is 0 Å². The van der Waals surface area contributed by atoms with Crippen LogP contribution < -0.4 is 4.72 Å². The fourth-order valence-electron chi connectivity index (χ4n) is 3.48. The molecule has 0 bridgehead atoms. The van der Waals surface area contributed by atoms with Gasteiger partial charge in [0.15, 0.2) is 0 Å². The van der Waals surface area contributed by atoms with Crippen molar-refractivity contribution in [2.75, 3.05) is 13.1 Å². The molecule has 3 rings (SSSR count). The highest BCUT2D eigenvalue weighted by Crippen LogP contribution is 2.23. The van der Waals surface area contributed by atoms with Gasteiger partial charge in [-0.15, -0.1) is 0 Å². The van der Waals surface area contributed by atoms with E-state index in [-0.39, 0.29) is 16.8 Å². The van der Waals surface area contributed by atoms with E-state index in [1.807, 2.05) is 6.92 Å². The average molecular weight is 339 g/mol. The van der Waals surface area contributed by atoms with Gasteiger partial charge in [0.2, 0.25) is 10.0 Å². The van der Waals surface area contributed by atoms with Crippen molar-refractivity contribution in [1.29, 1.82) is 0 Å². The standard InChI is InChI=1S/C16H25N3O3S/c1-2-8-18-9-10-19-12-14(11-15(19)16(18)20)23(21,22)17-13-6-4-3-5-7-13/h11-13,17H,2-10H2,1H3. The van der Waals surface area contributed by atoms with E-state index in [9.17, 15) is 13.2 Å². The lowest BCUT2D eigenvalue weighted by molar-refractivity contribution is 0.0705. The van der Waals surface area contributed by atoms with Gasteiger partial charge in [0.05, 0.1) is 0 Å². The van der Waals surface area contributed by atoms with Crippen molar-refractivity contribution in [2.45, 2.75) is 62.9 Å². The summed E-state index contributed by atoms with van der Waals surface area (Å²) in [6.45, 7) is 4.04. The summed E-state index contributed by atoms with van der Waals surface area (Å²) in [7, 11) is -3.55. The van der Waals surface area contributed by atoms with Crippen LogP contribution in [0.4, 0.5) is 0 Å². The van der Waals surface area contributed by atoms with E-state index in [2.05, 4.69) is 4.72 Å². The third-order valence-electron chi connectivity index (χ3n) is 4.72. The summed E-state index contributed by atoms with van der Waals surface area (Å²) in [4.78, 5) is 14.4. The topological polar surface area (TPSA) is 71.4 Å². The Morgan fingerprint density at radius 3 is 2.65 bits per heavy atom. The van der Waals surface area contributed by atoms with Gasteiger partial charge in [0.25, 0.3) is 5.91 Å². The van der Waals surface area contributed by atoms with Crippen molar-refractivity contribution in [1.82, 2.24) is 14.2 Å². The van der Waals surface area contributed by atoms with Crippen LogP contribution in [0.25, 0.3) is 0 Å². The predicted molar refractivity (Wildman–Crippen MR) is 87.8 cm³/mol. The lowest BCUT2D eigenvalue weighted by Crippen LogP contribution is -2.40. The second kappa shape index (κ2) is 6.65. The van der Waals surface area contributed by atoms with E-state index in [0.717, 1.165) is 32.1 Å². The Balaban J connectivity index is 1.79. The fraction of sp³-hybridized carbons (Fsp3) is 0.688. The van der Waals surface area contributed by atoms with E-state index in [0.29, 0.717) is 25.3 Å². The van der Waals surface area contributed by atoms with Gasteiger partial charge in [-0.1, -0.05) is 26.2 Å². The van der Waals surface area contributed by atoms with Crippen LogP contribution in [0.5, 0.6) is 0 Å². The Hall–Kier alpha value is -1.34. The molecule has 1 aromatic rings. The first kappa shape index (κ1) is 16.5. The van der Waals surface area contributed by atoms with E-state index in [1.54, 1.807) is 15.7 Å². The normalized spacial score (nSPS) is 19.9. The van der Waals surface area contributed by atoms with Crippen LogP contribution in [-0.4, -0.2) is 42.9 Å². The van der Waals surface area contributed by atoms with E-state index < -0.39 is 10.0 Å². The van der Waals surface area contributed by atoms with Gasteiger partial charge in [0.1, 0.15) is 10.6 Å². The van der Waals surface area contributed by atoms with E-state index in [1.165, 1.54) is 12.5 Å². The van der Waals surface area contributed by atoms with Gasteiger partial charge in [0, 0.05) is 31.9 Å². The highest BCUT2D eigenvalue weighted by atomic mass is 32.2. The van der Waals surface area contributed by atoms with Gasteiger partial charge >= 0.3 is 0 Å². The van der Waals surface area contributed by atoms with Gasteiger partial charge < -0.3 is 9.47 Å². The molecule has 1 aliphatic carbocycles. The molecular formula is C16H25N3O3S. The molecule has 1 fully saturated rings. The van der Waals surface area contributed by atoms with Gasteiger partial charge in [-0.3, -0.25) is 4.79 Å². The van der Waals surface area contributed by atoms with Gasteiger partial charge in [-0.05, 0) is 25.3 Å². The number of carbonyl (C=O) groups is 1. The van der Waals surface area contributed by atoms with Crippen molar-refractivity contribution in [3.63, 3.8) is 0 Å². The number of nitrogens with one attached hydrogen (secondary N) is 1. The van der Waals surface area contributed by atoms with Crippen LogP contribution in [0, 0.1) is 0 Å². The summed E-state index contributed by atoms with van der Waals surface area (Å²) in [6, 6.07) is 1.55. The number of carbonyl (C=O) groups excluding carboxylic acids is 1. The van der Waals surface area contributed by atoms with Crippen molar-refractivity contribution in [3.05, 3.63) is 18.0 Å². The molecular weight excluding hydrogens is 314 g/mol. The fourth-order valence-corrected chi connectivity index (χ4v) is 4.82. The molecule has 0 saturated heterocycles. The lowest BCUT2D eigenvalue weighted by atomic mass is 9.96. The Morgan fingerprint density at radius 1 is 1.22 bits per heavy atom. The molecule has 2 heterocycles. The smallest absolute Gasteiger partial charge is 0.270 e. The second-order valence-corrected chi connectivity index (χ2v) is 8.22. The molecule has 1 amide bonds. The Bertz CT molecular complexity index is 675. The van der Waals surface area contributed by atoms with Crippen LogP contribution in [0.2, 0.25) is 0 Å². The summed E-state index contributed by atoms with van der Waals surface area (Å²) in [5.41, 5.74) is 0.480. The lowest BCUT2D eigenvalue weighted by Gasteiger charge is -2.27. The maximum atomic E-state index is 12.6. The Labute approximate surface area is 137 Å². The van der Waals surface area contributed by atoms with Crippen molar-refractivity contribution in [3.8, 4) is 0 Å². The number of hydrogen-bond donors (Lipinski definition) is 1. The molecule has 0 aromatic carbocycles. The van der Waals surface area contributed by atoms with Gasteiger partial charge in [-0.25, -0.2) is 13.1 Å². The summed E-state index contributed by atoms with van der Waals surface area (Å²) in [5, 5.41) is 0. The molecule has 0 unspecified atom stereocenters. The summed E-state index contributed by atoms with van der Waals surface area (Å²) in [6.07, 6.45) is 7.63. The molecule has 1 aromatic heterocycles. The van der Waals surface area contributed by atoms with E-state index in [4.69, 9.17) is 0 Å². The number of nitrogens with zero attached hydrogens (tertiary/aromatic N) is 2. The third kappa shape index (κ3) is 3.45. The molecule has 23 heavy (non-hydrogen) atoms. The Morgan fingerprint density at radius 2 is 1.96 bits per heavy atom. The Kier molecular flexibility index (Phi) is 4.77. The van der Waals surface area contributed by atoms with Gasteiger partial charge in [-0.2, -0.15) is 0 Å². The third-order valence-corrected chi connectivity index (χ3v) is 6.21. The monoisotopic (exact) mass is 339 g/mol. The van der Waals surface area contributed by atoms with Crippen LogP contribution >= 0.6 is 0 Å². The maximum Gasteiger partial charge on any atom is 0.270 e. The molecule has 1 aliphatic heterocycles. The SMILES string of the molecule is CCCN1CCn2cc(S(=O)(=O)NC3CCCCC3)cc2C1=O. The number of rotatable bonds is 5. The zero-order chi connectivity index (χ0) is 16.4. The zero-order valence-electron chi connectivity index (χ0n) is 13.6. The number of hydrogen-bond acceptors (Lipinski definition) is 3. The first-order valence-electron chi connectivity index (χ1n) is 8.53. The highest BCUT2D eigenvalue weighted by molar-refractivity contribution is 7.89. The molecule has 0 atom stereocenters. The number of amides is 1. The molecule has 7 heteroatoms. The zero-order valence-corrected chi connectivity index (χ0v) is 14.4. The molecule has 1 saturated carbocycles. The highest BCUT2D eigenvalue weighted by Gasteiger charge is 2.29. The molecule has 128 valence electrons. The number of fused-ring (bicyclic) bond motifs is 1. The van der Waals surface area contributed by atoms with Crippen LogP contribution in [-0.2, 0) is 16.6 Å². The summed E-state index contributed by atoms with van der Waals surface area (Å²) < 4.78 is 29.7. The second-order valence-electron chi connectivity index (χ2n) is 6.50. The molecule has 1 N–H and O–H groups in total. The molecule has 0 radical (unpaired) electrons. The van der Waals surface area contributed by atoms with Crippen molar-refractivity contribution < 1.29 is 13.2 Å². The quantitative estimate of drug-likeness (QED) is 0.891. The van der Waals surface area contributed by atoms with Crippen LogP contribution in [0.15, 0.2) is 17.2 Å².